The molecule has 1 fully saturated rings. The second-order valence-corrected chi connectivity index (χ2v) is 15.9. The number of anilines is 2. The predicted molar refractivity (Wildman–Crippen MR) is 224 cm³/mol. The zero-order valence-corrected chi connectivity index (χ0v) is 34.3. The van der Waals surface area contributed by atoms with Gasteiger partial charge in [0.05, 0.1) is 17.3 Å². The summed E-state index contributed by atoms with van der Waals surface area (Å²) < 4.78 is 40.9. The van der Waals surface area contributed by atoms with Crippen molar-refractivity contribution in [2.45, 2.75) is 97.1 Å². The summed E-state index contributed by atoms with van der Waals surface area (Å²) in [6, 6.07) is 17.9. The maximum Gasteiger partial charge on any atom is 0.416 e. The molecule has 0 bridgehead atoms. The van der Waals surface area contributed by atoms with Crippen molar-refractivity contribution < 1.29 is 27.9 Å². The van der Waals surface area contributed by atoms with Crippen LogP contribution in [0.4, 0.5) is 24.7 Å². The van der Waals surface area contributed by atoms with Gasteiger partial charge in [0, 0.05) is 55.2 Å². The third-order valence-corrected chi connectivity index (χ3v) is 11.0. The summed E-state index contributed by atoms with van der Waals surface area (Å²) in [6.07, 6.45) is -2.36. The van der Waals surface area contributed by atoms with Gasteiger partial charge in [-0.3, -0.25) is 14.5 Å². The number of hydrogen-bond donors (Lipinski definition) is 5. The van der Waals surface area contributed by atoms with E-state index in [2.05, 4.69) is 48.1 Å². The number of hydrogen-bond acceptors (Lipinski definition) is 9. The number of aliphatic hydroxyl groups is 1. The number of nitrogens with zero attached hydrogens (tertiary/aromatic N) is 4. The molecular weight excluding hydrogens is 746 g/mol. The minimum absolute atomic E-state index is 0.153. The monoisotopic (exact) mass is 804 g/mol. The number of nitrogens with two attached hydrogens (primary N) is 1. The van der Waals surface area contributed by atoms with E-state index in [0.717, 1.165) is 85.8 Å². The highest BCUT2D eigenvalue weighted by Gasteiger charge is 2.33. The first kappa shape index (κ1) is 44.3. The molecule has 3 aromatic carbocycles. The summed E-state index contributed by atoms with van der Waals surface area (Å²) in [5, 5.41) is 30.2. The molecule has 6 N–H and O–H groups in total. The van der Waals surface area contributed by atoms with Gasteiger partial charge >= 0.3 is 6.18 Å². The number of aliphatic hydroxyl groups excluding tert-OH is 1. The number of carbonyl (C=O) groups is 2. The topological polar surface area (TPSA) is 149 Å². The van der Waals surface area contributed by atoms with Crippen LogP contribution >= 0.6 is 0 Å². The first-order valence-electron chi connectivity index (χ1n) is 20.4. The third-order valence-electron chi connectivity index (χ3n) is 11.0. The molecule has 0 spiro atoms. The number of unbranched alkanes of at least 4 members (excludes halogenated alkanes) is 2. The van der Waals surface area contributed by atoms with E-state index >= 15 is 0 Å². The average molecular weight is 805 g/mol. The third kappa shape index (κ3) is 11.9. The number of halogens is 3. The van der Waals surface area contributed by atoms with Crippen LogP contribution in [-0.4, -0.2) is 89.5 Å². The van der Waals surface area contributed by atoms with Crippen LogP contribution in [0.15, 0.2) is 66.7 Å². The highest BCUT2D eigenvalue weighted by atomic mass is 19.4. The van der Waals surface area contributed by atoms with Crippen LogP contribution in [0.1, 0.15) is 80.4 Å². The van der Waals surface area contributed by atoms with Gasteiger partial charge in [-0.15, -0.1) is 5.10 Å². The van der Waals surface area contributed by atoms with E-state index in [-0.39, 0.29) is 17.4 Å². The van der Waals surface area contributed by atoms with Crippen LogP contribution in [-0.2, 0) is 22.2 Å². The molecule has 2 amide bonds. The molecule has 1 aliphatic heterocycles. The minimum atomic E-state index is -4.43. The number of benzene rings is 3. The second-order valence-electron chi connectivity index (χ2n) is 15.9. The fourth-order valence-electron chi connectivity index (χ4n) is 7.65. The highest BCUT2D eigenvalue weighted by molar-refractivity contribution is 5.95. The molecule has 14 heteroatoms. The van der Waals surface area contributed by atoms with Crippen LogP contribution in [0.25, 0.3) is 10.8 Å². The Kier molecular flexibility index (Phi) is 15.5. The SMILES string of the molecule is Cc1c([C@@H](C)Nc2nnc(C)c3ccc(N4CCN(CCCCCNC(=O)[C@H](CC(C)C)NC(=O)[C@@H](O)[C@H](N)Cc5ccccc5)CC4)cc23)cccc1C(F)(F)F. The number of rotatable bonds is 18. The van der Waals surface area contributed by atoms with Crippen LogP contribution in [0, 0.1) is 19.8 Å². The molecule has 0 radical (unpaired) electrons. The molecular formula is C44H59F3N8O3. The Bertz CT molecular complexity index is 1970. The summed E-state index contributed by atoms with van der Waals surface area (Å²) in [5.74, 6) is -0.227. The molecule has 4 atom stereocenters. The summed E-state index contributed by atoms with van der Waals surface area (Å²) in [7, 11) is 0. The number of fused-ring (bicyclic) bond motifs is 1. The maximum atomic E-state index is 13.6. The molecule has 0 unspecified atom stereocenters. The number of aryl methyl sites for hydroxylation is 1. The van der Waals surface area contributed by atoms with E-state index in [1.54, 1.807) is 6.07 Å². The minimum Gasteiger partial charge on any atom is -0.382 e. The summed E-state index contributed by atoms with van der Waals surface area (Å²) in [6.45, 7) is 14.1. The fourth-order valence-corrected chi connectivity index (χ4v) is 7.65. The van der Waals surface area contributed by atoms with Crippen molar-refractivity contribution in [3.8, 4) is 0 Å². The summed E-state index contributed by atoms with van der Waals surface area (Å²) in [5.41, 5.74) is 8.99. The standard InChI is InChI=1S/C44H59F3N8O3/c1-28(2)25-39(51-43(58)40(56)38(48)26-32-13-8-6-9-14-32)42(57)49-19-10-7-11-20-54-21-23-55(24-22-54)33-17-18-35-31(5)52-53-41(36(35)27-33)50-30(4)34-15-12-16-37(29(34)3)44(45,46)47/h6,8-9,12-18,27-28,30,38-40,56H,7,10-11,19-26,48H2,1-5H3,(H,49,57)(H,50,53)(H,51,58)/t30-,38-,39+,40+/m1/s1. The number of carbonyl (C=O) groups excluding carboxylic acids is 2. The Labute approximate surface area is 340 Å². The molecule has 11 nitrogen and oxygen atoms in total. The molecule has 314 valence electrons. The van der Waals surface area contributed by atoms with E-state index in [4.69, 9.17) is 5.73 Å². The summed E-state index contributed by atoms with van der Waals surface area (Å²) >= 11 is 0. The molecule has 1 aliphatic rings. The van der Waals surface area contributed by atoms with E-state index in [0.29, 0.717) is 30.8 Å². The lowest BCUT2D eigenvalue weighted by atomic mass is 9.97. The largest absolute Gasteiger partial charge is 0.416 e. The normalized spacial score (nSPS) is 15.9. The number of nitrogens with one attached hydrogen (secondary N) is 3. The van der Waals surface area contributed by atoms with E-state index in [9.17, 15) is 27.9 Å². The first-order valence-corrected chi connectivity index (χ1v) is 20.4. The van der Waals surface area contributed by atoms with Gasteiger partial charge in [-0.1, -0.05) is 68.8 Å². The predicted octanol–water partition coefficient (Wildman–Crippen LogP) is 6.31. The zero-order chi connectivity index (χ0) is 42.0. The number of piperazine rings is 1. The van der Waals surface area contributed by atoms with Gasteiger partial charge in [0.15, 0.2) is 5.82 Å². The lowest BCUT2D eigenvalue weighted by Gasteiger charge is -2.36. The number of amides is 2. The van der Waals surface area contributed by atoms with Crippen molar-refractivity contribution in [2.24, 2.45) is 11.7 Å². The maximum absolute atomic E-state index is 13.6. The van der Waals surface area contributed by atoms with Crippen molar-refractivity contribution in [2.75, 3.05) is 49.5 Å². The molecule has 5 rings (SSSR count). The van der Waals surface area contributed by atoms with Crippen LogP contribution in [0.5, 0.6) is 0 Å². The van der Waals surface area contributed by atoms with Gasteiger partial charge in [0.2, 0.25) is 5.91 Å². The Morgan fingerprint density at radius 2 is 1.60 bits per heavy atom. The summed E-state index contributed by atoms with van der Waals surface area (Å²) in [4.78, 5) is 30.8. The van der Waals surface area contributed by atoms with Crippen LogP contribution in [0.3, 0.4) is 0 Å². The molecule has 58 heavy (non-hydrogen) atoms. The Morgan fingerprint density at radius 3 is 2.29 bits per heavy atom. The van der Waals surface area contributed by atoms with Crippen molar-refractivity contribution in [1.29, 1.82) is 0 Å². The van der Waals surface area contributed by atoms with Crippen molar-refractivity contribution >= 4 is 34.1 Å². The van der Waals surface area contributed by atoms with Crippen molar-refractivity contribution in [1.82, 2.24) is 25.7 Å². The van der Waals surface area contributed by atoms with E-state index in [1.165, 1.54) is 13.0 Å². The first-order chi connectivity index (χ1) is 27.6. The van der Waals surface area contributed by atoms with Crippen LogP contribution in [0.2, 0.25) is 0 Å². The van der Waals surface area contributed by atoms with Crippen LogP contribution < -0.4 is 26.6 Å². The average Bonchev–Trinajstić information content (AvgIpc) is 3.19. The lowest BCUT2D eigenvalue weighted by molar-refractivity contribution is -0.138. The molecule has 4 aromatic rings. The molecule has 0 aliphatic carbocycles. The Morgan fingerprint density at radius 1 is 0.879 bits per heavy atom. The number of aromatic nitrogens is 2. The van der Waals surface area contributed by atoms with Crippen molar-refractivity contribution in [3.05, 3.63) is 94.7 Å². The molecule has 0 saturated carbocycles. The van der Waals surface area contributed by atoms with Gasteiger partial charge < -0.3 is 31.7 Å². The van der Waals surface area contributed by atoms with Gasteiger partial charge in [-0.05, 0) is 93.8 Å². The van der Waals surface area contributed by atoms with Gasteiger partial charge in [-0.2, -0.15) is 18.3 Å². The molecule has 1 aromatic heterocycles. The number of alkyl halides is 3. The smallest absolute Gasteiger partial charge is 0.382 e. The van der Waals surface area contributed by atoms with Crippen molar-refractivity contribution in [3.63, 3.8) is 0 Å². The second kappa shape index (κ2) is 20.3. The van der Waals surface area contributed by atoms with E-state index in [1.807, 2.05) is 64.1 Å². The highest BCUT2D eigenvalue weighted by Crippen LogP contribution is 2.36. The van der Waals surface area contributed by atoms with Gasteiger partial charge in [0.25, 0.3) is 5.91 Å². The quantitative estimate of drug-likeness (QED) is 0.0731. The van der Waals surface area contributed by atoms with Gasteiger partial charge in [0.1, 0.15) is 12.1 Å². The van der Waals surface area contributed by atoms with Gasteiger partial charge in [-0.25, -0.2) is 0 Å². The lowest BCUT2D eigenvalue weighted by Crippen LogP contribution is -2.54. The Hall–Kier alpha value is -4.79. The Balaban J connectivity index is 1.06. The molecule has 1 saturated heterocycles. The molecule has 2 heterocycles. The van der Waals surface area contributed by atoms with E-state index < -0.39 is 41.9 Å². The zero-order valence-electron chi connectivity index (χ0n) is 34.3. The fraction of sp³-hybridized carbons (Fsp3) is 0.500.